The molecule has 1 aliphatic rings. The summed E-state index contributed by atoms with van der Waals surface area (Å²) in [6.07, 6.45) is -3.46. The van der Waals surface area contributed by atoms with Crippen LogP contribution in [-0.2, 0) is 11.0 Å². The van der Waals surface area contributed by atoms with Gasteiger partial charge in [0.25, 0.3) is 0 Å². The molecule has 2 N–H and O–H groups in total. The maximum Gasteiger partial charge on any atom is 0.416 e. The van der Waals surface area contributed by atoms with E-state index in [0.29, 0.717) is 18.5 Å². The minimum absolute atomic E-state index is 0.0606. The summed E-state index contributed by atoms with van der Waals surface area (Å²) in [5.41, 5.74) is -0.333. The zero-order valence-corrected chi connectivity index (χ0v) is 9.37. The van der Waals surface area contributed by atoms with Crippen molar-refractivity contribution in [2.24, 2.45) is 5.92 Å². The largest absolute Gasteiger partial charge is 0.481 e. The molecule has 18 heavy (non-hydrogen) atoms. The van der Waals surface area contributed by atoms with Crippen molar-refractivity contribution in [1.29, 1.82) is 0 Å². The summed E-state index contributed by atoms with van der Waals surface area (Å²) in [6, 6.07) is 4.86. The van der Waals surface area contributed by atoms with Crippen LogP contribution in [-0.4, -0.2) is 17.1 Å². The van der Waals surface area contributed by atoms with E-state index in [-0.39, 0.29) is 12.0 Å². The van der Waals surface area contributed by atoms with E-state index < -0.39 is 17.7 Å². The Labute approximate surface area is 102 Å². The predicted molar refractivity (Wildman–Crippen MR) is 59.2 cm³/mol. The Morgan fingerprint density at radius 2 is 2.00 bits per heavy atom. The summed E-state index contributed by atoms with van der Waals surface area (Å²) in [5.74, 6) is -1.23. The second kappa shape index (κ2) is 4.51. The number of halogens is 3. The highest BCUT2D eigenvalue weighted by molar-refractivity contribution is 5.71. The van der Waals surface area contributed by atoms with Crippen LogP contribution < -0.4 is 5.32 Å². The molecule has 0 aromatic heterocycles. The van der Waals surface area contributed by atoms with E-state index in [1.807, 2.05) is 0 Å². The highest BCUT2D eigenvalue weighted by Gasteiger charge is 2.35. The SMILES string of the molecule is O=C(O)C1CC(Nc2cccc(C(F)(F)F)c2)C1. The molecule has 6 heteroatoms. The number of hydrogen-bond donors (Lipinski definition) is 2. The average Bonchev–Trinajstić information content (AvgIpc) is 2.21. The number of carboxylic acids is 1. The molecule has 0 bridgehead atoms. The van der Waals surface area contributed by atoms with E-state index >= 15 is 0 Å². The van der Waals surface area contributed by atoms with Gasteiger partial charge in [0, 0.05) is 11.7 Å². The number of aliphatic carboxylic acids is 1. The van der Waals surface area contributed by atoms with Crippen LogP contribution in [0.15, 0.2) is 24.3 Å². The van der Waals surface area contributed by atoms with Gasteiger partial charge in [-0.25, -0.2) is 0 Å². The summed E-state index contributed by atoms with van der Waals surface area (Å²) in [5, 5.41) is 11.6. The molecule has 98 valence electrons. The lowest BCUT2D eigenvalue weighted by atomic mass is 9.80. The van der Waals surface area contributed by atoms with Gasteiger partial charge in [0.15, 0.2) is 0 Å². The monoisotopic (exact) mass is 259 g/mol. The van der Waals surface area contributed by atoms with E-state index in [1.165, 1.54) is 6.07 Å². The zero-order valence-electron chi connectivity index (χ0n) is 9.37. The molecule has 0 amide bonds. The lowest BCUT2D eigenvalue weighted by molar-refractivity contribution is -0.144. The highest BCUT2D eigenvalue weighted by atomic mass is 19.4. The van der Waals surface area contributed by atoms with Crippen molar-refractivity contribution in [1.82, 2.24) is 0 Å². The maximum atomic E-state index is 12.5. The first-order valence-electron chi connectivity index (χ1n) is 5.53. The molecule has 0 saturated heterocycles. The molecule has 1 aromatic rings. The fourth-order valence-corrected chi connectivity index (χ4v) is 1.96. The molecular formula is C12H12F3NO2. The Morgan fingerprint density at radius 1 is 1.33 bits per heavy atom. The van der Waals surface area contributed by atoms with Crippen molar-refractivity contribution in [3.8, 4) is 0 Å². The summed E-state index contributed by atoms with van der Waals surface area (Å²) in [6.45, 7) is 0. The van der Waals surface area contributed by atoms with Crippen molar-refractivity contribution in [3.63, 3.8) is 0 Å². The molecular weight excluding hydrogens is 247 g/mol. The first-order valence-corrected chi connectivity index (χ1v) is 5.53. The quantitative estimate of drug-likeness (QED) is 0.877. The summed E-state index contributed by atoms with van der Waals surface area (Å²) in [7, 11) is 0. The van der Waals surface area contributed by atoms with E-state index in [0.717, 1.165) is 12.1 Å². The van der Waals surface area contributed by atoms with Crippen LogP contribution in [0.25, 0.3) is 0 Å². The molecule has 3 nitrogen and oxygen atoms in total. The molecule has 0 atom stereocenters. The number of rotatable bonds is 3. The Balaban J connectivity index is 1.97. The van der Waals surface area contributed by atoms with Crippen LogP contribution in [0.4, 0.5) is 18.9 Å². The van der Waals surface area contributed by atoms with Gasteiger partial charge < -0.3 is 10.4 Å². The minimum atomic E-state index is -4.36. The standard InChI is InChI=1S/C12H12F3NO2/c13-12(14,15)8-2-1-3-9(6-8)16-10-4-7(5-10)11(17)18/h1-3,6-7,10,16H,4-5H2,(H,17,18). The van der Waals surface area contributed by atoms with Crippen LogP contribution in [0.2, 0.25) is 0 Å². The Hall–Kier alpha value is -1.72. The zero-order chi connectivity index (χ0) is 13.3. The first-order chi connectivity index (χ1) is 8.36. The van der Waals surface area contributed by atoms with Crippen molar-refractivity contribution in [3.05, 3.63) is 29.8 Å². The molecule has 2 rings (SSSR count). The fraction of sp³-hybridized carbons (Fsp3) is 0.417. The van der Waals surface area contributed by atoms with Crippen LogP contribution in [0.5, 0.6) is 0 Å². The molecule has 0 spiro atoms. The number of carbonyl (C=O) groups is 1. The molecule has 1 aromatic carbocycles. The molecule has 0 aliphatic heterocycles. The molecule has 1 fully saturated rings. The number of benzene rings is 1. The van der Waals surface area contributed by atoms with Crippen molar-refractivity contribution >= 4 is 11.7 Å². The second-order valence-corrected chi connectivity index (χ2v) is 4.43. The van der Waals surface area contributed by atoms with Crippen LogP contribution >= 0.6 is 0 Å². The highest BCUT2D eigenvalue weighted by Crippen LogP contribution is 2.33. The van der Waals surface area contributed by atoms with E-state index in [9.17, 15) is 18.0 Å². The van der Waals surface area contributed by atoms with Gasteiger partial charge in [-0.2, -0.15) is 13.2 Å². The third-order valence-corrected chi connectivity index (χ3v) is 3.05. The number of anilines is 1. The summed E-state index contributed by atoms with van der Waals surface area (Å²) in [4.78, 5) is 10.6. The molecule has 0 unspecified atom stereocenters. The van der Waals surface area contributed by atoms with Gasteiger partial charge >= 0.3 is 12.1 Å². The van der Waals surface area contributed by atoms with Crippen molar-refractivity contribution in [2.75, 3.05) is 5.32 Å². The third kappa shape index (κ3) is 2.75. The van der Waals surface area contributed by atoms with Crippen LogP contribution in [0, 0.1) is 5.92 Å². The van der Waals surface area contributed by atoms with Crippen LogP contribution in [0.1, 0.15) is 18.4 Å². The van der Waals surface area contributed by atoms with Gasteiger partial charge in [-0.15, -0.1) is 0 Å². The maximum absolute atomic E-state index is 12.5. The van der Waals surface area contributed by atoms with E-state index in [4.69, 9.17) is 5.11 Å². The Kier molecular flexibility index (Phi) is 3.19. The van der Waals surface area contributed by atoms with Gasteiger partial charge in [-0.05, 0) is 31.0 Å². The third-order valence-electron chi connectivity index (χ3n) is 3.05. The topological polar surface area (TPSA) is 49.3 Å². The van der Waals surface area contributed by atoms with Crippen LogP contribution in [0.3, 0.4) is 0 Å². The number of nitrogens with one attached hydrogen (secondary N) is 1. The molecule has 0 radical (unpaired) electrons. The van der Waals surface area contributed by atoms with E-state index in [2.05, 4.69) is 5.32 Å². The predicted octanol–water partition coefficient (Wildman–Crippen LogP) is 2.98. The van der Waals surface area contributed by atoms with Gasteiger partial charge in [-0.1, -0.05) is 6.07 Å². The Morgan fingerprint density at radius 3 is 2.56 bits per heavy atom. The minimum Gasteiger partial charge on any atom is -0.481 e. The average molecular weight is 259 g/mol. The lowest BCUT2D eigenvalue weighted by Crippen LogP contribution is -2.39. The smallest absolute Gasteiger partial charge is 0.416 e. The first kappa shape index (κ1) is 12.7. The molecule has 1 saturated carbocycles. The normalized spacial score (nSPS) is 23.3. The lowest BCUT2D eigenvalue weighted by Gasteiger charge is -2.33. The number of hydrogen-bond acceptors (Lipinski definition) is 2. The van der Waals surface area contributed by atoms with Gasteiger partial charge in [0.05, 0.1) is 11.5 Å². The molecule has 0 heterocycles. The van der Waals surface area contributed by atoms with Gasteiger partial charge in [0.2, 0.25) is 0 Å². The summed E-state index contributed by atoms with van der Waals surface area (Å²) < 4.78 is 37.4. The summed E-state index contributed by atoms with van der Waals surface area (Å²) >= 11 is 0. The Bertz CT molecular complexity index is 453. The van der Waals surface area contributed by atoms with Gasteiger partial charge in [-0.3, -0.25) is 4.79 Å². The fourth-order valence-electron chi connectivity index (χ4n) is 1.96. The number of carboxylic acid groups (broad SMARTS) is 1. The second-order valence-electron chi connectivity index (χ2n) is 4.43. The number of alkyl halides is 3. The van der Waals surface area contributed by atoms with Gasteiger partial charge in [0.1, 0.15) is 0 Å². The molecule has 1 aliphatic carbocycles. The van der Waals surface area contributed by atoms with E-state index in [1.54, 1.807) is 6.07 Å². The van der Waals surface area contributed by atoms with Crippen molar-refractivity contribution < 1.29 is 23.1 Å². The van der Waals surface area contributed by atoms with Crippen molar-refractivity contribution in [2.45, 2.75) is 25.1 Å².